The van der Waals surface area contributed by atoms with Gasteiger partial charge in [-0.3, -0.25) is 0 Å². The highest BCUT2D eigenvalue weighted by atomic mass is 32.1. The average molecular weight is 392 g/mol. The van der Waals surface area contributed by atoms with E-state index in [1.807, 2.05) is 5.38 Å². The third-order valence-electron chi connectivity index (χ3n) is 3.79. The van der Waals surface area contributed by atoms with Crippen molar-refractivity contribution in [1.29, 1.82) is 0 Å². The van der Waals surface area contributed by atoms with Gasteiger partial charge in [-0.15, -0.1) is 11.3 Å². The zero-order valence-corrected chi connectivity index (χ0v) is 15.2. The van der Waals surface area contributed by atoms with Crippen molar-refractivity contribution in [2.45, 2.75) is 12.8 Å². The van der Waals surface area contributed by atoms with Crippen LogP contribution in [0.5, 0.6) is 5.75 Å². The van der Waals surface area contributed by atoms with Crippen LogP contribution in [-0.4, -0.2) is 34.9 Å². The van der Waals surface area contributed by atoms with E-state index in [0.29, 0.717) is 30.1 Å². The first-order valence-electron chi connectivity index (χ1n) is 8.00. The number of hydrogen-bond donors (Lipinski definition) is 3. The van der Waals surface area contributed by atoms with Crippen LogP contribution in [0.25, 0.3) is 11.3 Å². The van der Waals surface area contributed by atoms with Crippen LogP contribution >= 0.6 is 11.3 Å². The Bertz CT molecular complexity index is 956. The fourth-order valence-corrected chi connectivity index (χ4v) is 3.12. The summed E-state index contributed by atoms with van der Waals surface area (Å²) in [5.41, 5.74) is 6.70. The number of anilines is 2. The highest BCUT2D eigenvalue weighted by Gasteiger charge is 2.24. The third-order valence-corrected chi connectivity index (χ3v) is 4.51. The molecule has 0 amide bonds. The molecule has 0 saturated heterocycles. The first-order chi connectivity index (χ1) is 13.0. The lowest BCUT2D eigenvalue weighted by molar-refractivity contribution is 0.0698. The van der Waals surface area contributed by atoms with Crippen molar-refractivity contribution in [3.63, 3.8) is 0 Å². The molecule has 142 valence electrons. The van der Waals surface area contributed by atoms with Gasteiger partial charge in [-0.05, 0) is 31.0 Å². The third kappa shape index (κ3) is 4.17. The second kappa shape index (κ2) is 8.04. The van der Waals surface area contributed by atoms with E-state index in [9.17, 15) is 14.3 Å². The highest BCUT2D eigenvalue weighted by Crippen LogP contribution is 2.32. The lowest BCUT2D eigenvalue weighted by atomic mass is 10.1. The Morgan fingerprint density at radius 2 is 2.30 bits per heavy atom. The van der Waals surface area contributed by atoms with Crippen LogP contribution < -0.4 is 15.8 Å². The van der Waals surface area contributed by atoms with Crippen LogP contribution in [0, 0.1) is 5.82 Å². The van der Waals surface area contributed by atoms with E-state index in [2.05, 4.69) is 15.5 Å². The number of thiazole rings is 1. The first kappa shape index (κ1) is 18.6. The Kier molecular flexibility index (Phi) is 5.55. The van der Waals surface area contributed by atoms with Crippen molar-refractivity contribution in [1.82, 2.24) is 10.1 Å². The molecule has 0 spiro atoms. The summed E-state index contributed by atoms with van der Waals surface area (Å²) in [6.07, 6.45) is 1.40. The number of carboxylic acid groups (broad SMARTS) is 1. The number of ether oxygens (including phenoxy) is 1. The molecule has 0 fully saturated rings. The Morgan fingerprint density at radius 1 is 1.48 bits per heavy atom. The number of hydrogen-bond acceptors (Lipinski definition) is 8. The molecule has 0 atom stereocenters. The maximum Gasteiger partial charge on any atom is 0.343 e. The molecule has 3 aromatic rings. The molecule has 4 N–H and O–H groups in total. The van der Waals surface area contributed by atoms with Crippen molar-refractivity contribution >= 4 is 28.3 Å². The van der Waals surface area contributed by atoms with Crippen molar-refractivity contribution in [2.24, 2.45) is 0 Å². The molecule has 10 heteroatoms. The predicted octanol–water partition coefficient (Wildman–Crippen LogP) is 3.27. The minimum absolute atomic E-state index is 0.0164. The number of nitrogens with two attached hydrogens (primary N) is 1. The zero-order chi connectivity index (χ0) is 19.4. The SMILES string of the molecule is COc1cc(-c2onc(NCCCc3csc(N)n3)c2C(=O)O)ccc1F. The van der Waals surface area contributed by atoms with Gasteiger partial charge in [-0.2, -0.15) is 0 Å². The Labute approximate surface area is 157 Å². The molecular formula is C17H17FN4O4S. The van der Waals surface area contributed by atoms with Gasteiger partial charge in [0.1, 0.15) is 0 Å². The maximum absolute atomic E-state index is 13.6. The second-order valence-electron chi connectivity index (χ2n) is 5.60. The van der Waals surface area contributed by atoms with E-state index >= 15 is 0 Å². The van der Waals surface area contributed by atoms with Crippen molar-refractivity contribution in [3.8, 4) is 17.1 Å². The van der Waals surface area contributed by atoms with Gasteiger partial charge in [0.2, 0.25) is 0 Å². The van der Waals surface area contributed by atoms with E-state index in [-0.39, 0.29) is 22.9 Å². The van der Waals surface area contributed by atoms with Gasteiger partial charge in [0.15, 0.2) is 33.8 Å². The number of nitrogens with zero attached hydrogens (tertiary/aromatic N) is 2. The number of carbonyl (C=O) groups is 1. The number of methoxy groups -OCH3 is 1. The molecule has 2 aromatic heterocycles. The summed E-state index contributed by atoms with van der Waals surface area (Å²) >= 11 is 1.37. The Hall–Kier alpha value is -3.14. The average Bonchev–Trinajstić information content (AvgIpc) is 3.25. The molecule has 0 aliphatic rings. The van der Waals surface area contributed by atoms with Gasteiger partial charge < -0.3 is 25.4 Å². The number of aromatic nitrogens is 2. The van der Waals surface area contributed by atoms with E-state index in [1.165, 1.54) is 36.6 Å². The number of benzene rings is 1. The summed E-state index contributed by atoms with van der Waals surface area (Å²) in [4.78, 5) is 15.9. The van der Waals surface area contributed by atoms with Crippen LogP contribution in [0.1, 0.15) is 22.5 Å². The van der Waals surface area contributed by atoms with Gasteiger partial charge in [0.25, 0.3) is 0 Å². The zero-order valence-electron chi connectivity index (χ0n) is 14.4. The van der Waals surface area contributed by atoms with Gasteiger partial charge in [0, 0.05) is 17.5 Å². The highest BCUT2D eigenvalue weighted by molar-refractivity contribution is 7.13. The normalized spacial score (nSPS) is 10.7. The lowest BCUT2D eigenvalue weighted by Crippen LogP contribution is -2.08. The van der Waals surface area contributed by atoms with Crippen LogP contribution in [0.15, 0.2) is 28.1 Å². The molecule has 0 aliphatic heterocycles. The summed E-state index contributed by atoms with van der Waals surface area (Å²) in [6, 6.07) is 3.94. The monoisotopic (exact) mass is 392 g/mol. The van der Waals surface area contributed by atoms with Crippen molar-refractivity contribution in [3.05, 3.63) is 40.7 Å². The largest absolute Gasteiger partial charge is 0.494 e. The van der Waals surface area contributed by atoms with Crippen molar-refractivity contribution < 1.29 is 23.6 Å². The second-order valence-corrected chi connectivity index (χ2v) is 6.49. The summed E-state index contributed by atoms with van der Waals surface area (Å²) in [5.74, 6) is -1.64. The topological polar surface area (TPSA) is 124 Å². The van der Waals surface area contributed by atoms with Crippen LogP contribution in [0.4, 0.5) is 15.3 Å². The summed E-state index contributed by atoms with van der Waals surface area (Å²) in [7, 11) is 1.32. The molecule has 0 unspecified atom stereocenters. The predicted molar refractivity (Wildman–Crippen MR) is 98.7 cm³/mol. The molecule has 0 saturated carbocycles. The van der Waals surface area contributed by atoms with Crippen LogP contribution in [0.3, 0.4) is 0 Å². The molecule has 0 radical (unpaired) electrons. The van der Waals surface area contributed by atoms with Gasteiger partial charge >= 0.3 is 5.97 Å². The number of halogens is 1. The Balaban J connectivity index is 1.74. The minimum atomic E-state index is -1.20. The minimum Gasteiger partial charge on any atom is -0.494 e. The molecule has 2 heterocycles. The van der Waals surface area contributed by atoms with Gasteiger partial charge in [0.05, 0.1) is 12.8 Å². The Morgan fingerprint density at radius 3 is 2.96 bits per heavy atom. The fourth-order valence-electron chi connectivity index (χ4n) is 2.52. The number of aromatic carboxylic acids is 1. The number of aryl methyl sites for hydroxylation is 1. The van der Waals surface area contributed by atoms with E-state index < -0.39 is 11.8 Å². The van der Waals surface area contributed by atoms with E-state index in [4.69, 9.17) is 15.0 Å². The fraction of sp³-hybridized carbons (Fsp3) is 0.235. The van der Waals surface area contributed by atoms with E-state index in [1.54, 1.807) is 0 Å². The van der Waals surface area contributed by atoms with Gasteiger partial charge in [-0.1, -0.05) is 5.16 Å². The number of rotatable bonds is 8. The molecule has 0 bridgehead atoms. The quantitative estimate of drug-likeness (QED) is 0.499. The molecule has 27 heavy (non-hydrogen) atoms. The summed E-state index contributed by atoms with van der Waals surface area (Å²) in [6.45, 7) is 0.469. The van der Waals surface area contributed by atoms with Crippen LogP contribution in [-0.2, 0) is 6.42 Å². The molecule has 8 nitrogen and oxygen atoms in total. The lowest BCUT2D eigenvalue weighted by Gasteiger charge is -2.05. The van der Waals surface area contributed by atoms with Crippen molar-refractivity contribution in [2.75, 3.05) is 24.7 Å². The molecule has 0 aliphatic carbocycles. The molecule has 3 rings (SSSR count). The van der Waals surface area contributed by atoms with E-state index in [0.717, 1.165) is 5.69 Å². The molecular weight excluding hydrogens is 375 g/mol. The number of nitrogens with one attached hydrogen (secondary N) is 1. The maximum atomic E-state index is 13.6. The summed E-state index contributed by atoms with van der Waals surface area (Å²) < 4.78 is 23.7. The number of nitrogen functional groups attached to an aromatic ring is 1. The van der Waals surface area contributed by atoms with Gasteiger partial charge in [-0.25, -0.2) is 14.2 Å². The smallest absolute Gasteiger partial charge is 0.343 e. The first-order valence-corrected chi connectivity index (χ1v) is 8.88. The summed E-state index contributed by atoms with van der Waals surface area (Å²) in [5, 5.41) is 18.7. The standard InChI is InChI=1S/C17H17FN4O4S/c1-25-12-7-9(4-5-11(12)18)14-13(16(23)24)15(22-26-14)20-6-2-3-10-8-27-17(19)21-10/h4-5,7-8H,2-3,6H2,1H3,(H2,19,21)(H,20,22)(H,23,24). The number of carboxylic acids is 1. The van der Waals surface area contributed by atoms with Crippen LogP contribution in [0.2, 0.25) is 0 Å². The molecule has 1 aromatic carbocycles.